The van der Waals surface area contributed by atoms with Crippen LogP contribution in [0.5, 0.6) is 0 Å². The highest BCUT2D eigenvalue weighted by Gasteiger charge is 2.26. The predicted octanol–water partition coefficient (Wildman–Crippen LogP) is 2.66. The number of benzene rings is 1. The molecular weight excluding hydrogens is 258 g/mol. The summed E-state index contributed by atoms with van der Waals surface area (Å²) in [7, 11) is 0. The van der Waals surface area contributed by atoms with Crippen LogP contribution in [0.15, 0.2) is 34.7 Å². The number of amides is 1. The molecule has 5 nitrogen and oxygen atoms in total. The number of carbonyl (C=O) groups is 2. The Morgan fingerprint density at radius 2 is 2.05 bits per heavy atom. The van der Waals surface area contributed by atoms with Crippen LogP contribution in [0.3, 0.4) is 0 Å². The van der Waals surface area contributed by atoms with Crippen LogP contribution in [0, 0.1) is 5.92 Å². The lowest BCUT2D eigenvalue weighted by atomic mass is 9.99. The Kier molecular flexibility index (Phi) is 4.08. The Morgan fingerprint density at radius 3 is 2.65 bits per heavy atom. The maximum absolute atomic E-state index is 12.1. The average molecular weight is 275 g/mol. The van der Waals surface area contributed by atoms with Crippen molar-refractivity contribution in [3.05, 3.63) is 36.1 Å². The monoisotopic (exact) mass is 275 g/mol. The van der Waals surface area contributed by atoms with E-state index >= 15 is 0 Å². The van der Waals surface area contributed by atoms with Gasteiger partial charge in [-0.3, -0.25) is 4.79 Å². The molecule has 0 saturated heterocycles. The minimum absolute atomic E-state index is 0.126. The van der Waals surface area contributed by atoms with Crippen molar-refractivity contribution < 1.29 is 19.1 Å². The third kappa shape index (κ3) is 2.82. The van der Waals surface area contributed by atoms with Gasteiger partial charge in [0, 0.05) is 5.39 Å². The van der Waals surface area contributed by atoms with Gasteiger partial charge in [0.1, 0.15) is 11.6 Å². The minimum Gasteiger partial charge on any atom is -0.480 e. The second kappa shape index (κ2) is 5.77. The van der Waals surface area contributed by atoms with Crippen molar-refractivity contribution in [3.8, 4) is 0 Å². The van der Waals surface area contributed by atoms with Crippen LogP contribution in [-0.4, -0.2) is 23.0 Å². The lowest BCUT2D eigenvalue weighted by Gasteiger charge is -2.19. The number of carbonyl (C=O) groups excluding carboxylic acids is 1. The highest BCUT2D eigenvalue weighted by Crippen LogP contribution is 2.19. The highest BCUT2D eigenvalue weighted by molar-refractivity contribution is 5.97. The van der Waals surface area contributed by atoms with Crippen LogP contribution < -0.4 is 5.32 Å². The van der Waals surface area contributed by atoms with Gasteiger partial charge in [-0.15, -0.1) is 0 Å². The first-order chi connectivity index (χ1) is 9.52. The van der Waals surface area contributed by atoms with Gasteiger partial charge in [0.15, 0.2) is 5.76 Å². The highest BCUT2D eigenvalue weighted by atomic mass is 16.4. The summed E-state index contributed by atoms with van der Waals surface area (Å²) in [6.07, 6.45) is 0.664. The maximum atomic E-state index is 12.1. The Balaban J connectivity index is 2.20. The van der Waals surface area contributed by atoms with E-state index in [1.54, 1.807) is 19.1 Å². The van der Waals surface area contributed by atoms with Crippen LogP contribution in [0.4, 0.5) is 0 Å². The molecule has 5 heteroatoms. The Morgan fingerprint density at radius 1 is 1.35 bits per heavy atom. The summed E-state index contributed by atoms with van der Waals surface area (Å²) in [6, 6.07) is 7.95. The maximum Gasteiger partial charge on any atom is 0.326 e. The van der Waals surface area contributed by atoms with E-state index in [0.717, 1.165) is 5.39 Å². The summed E-state index contributed by atoms with van der Waals surface area (Å²) in [5.41, 5.74) is 0.605. The number of aliphatic carboxylic acids is 1. The Hall–Kier alpha value is -2.30. The molecule has 2 rings (SSSR count). The molecule has 0 aliphatic heterocycles. The second-order valence-corrected chi connectivity index (χ2v) is 4.82. The van der Waals surface area contributed by atoms with Crippen LogP contribution >= 0.6 is 0 Å². The summed E-state index contributed by atoms with van der Waals surface area (Å²) >= 11 is 0. The molecule has 2 atom stereocenters. The van der Waals surface area contributed by atoms with Gasteiger partial charge >= 0.3 is 5.97 Å². The third-order valence-electron chi connectivity index (χ3n) is 3.41. The lowest BCUT2D eigenvalue weighted by molar-refractivity contribution is -0.140. The van der Waals surface area contributed by atoms with Crippen LogP contribution in [0.25, 0.3) is 11.0 Å². The first kappa shape index (κ1) is 14.1. The van der Waals surface area contributed by atoms with E-state index in [1.807, 2.05) is 25.1 Å². The molecule has 2 N–H and O–H groups in total. The number of carboxylic acid groups (broad SMARTS) is 1. The summed E-state index contributed by atoms with van der Waals surface area (Å²) in [5.74, 6) is -1.57. The van der Waals surface area contributed by atoms with E-state index < -0.39 is 17.9 Å². The number of hydrogen-bond donors (Lipinski definition) is 2. The van der Waals surface area contributed by atoms with Gasteiger partial charge in [0.2, 0.25) is 0 Å². The van der Waals surface area contributed by atoms with Crippen molar-refractivity contribution >= 4 is 22.8 Å². The topological polar surface area (TPSA) is 79.5 Å². The largest absolute Gasteiger partial charge is 0.480 e. The van der Waals surface area contributed by atoms with E-state index in [0.29, 0.717) is 12.0 Å². The van der Waals surface area contributed by atoms with Crippen molar-refractivity contribution in [3.63, 3.8) is 0 Å². The van der Waals surface area contributed by atoms with Gasteiger partial charge < -0.3 is 14.8 Å². The number of rotatable bonds is 5. The molecule has 0 saturated carbocycles. The van der Waals surface area contributed by atoms with Crippen molar-refractivity contribution in [2.45, 2.75) is 26.3 Å². The van der Waals surface area contributed by atoms with Crippen LogP contribution in [-0.2, 0) is 4.79 Å². The van der Waals surface area contributed by atoms with E-state index in [4.69, 9.17) is 9.52 Å². The fourth-order valence-electron chi connectivity index (χ4n) is 1.99. The number of para-hydroxylation sites is 1. The first-order valence-corrected chi connectivity index (χ1v) is 6.55. The van der Waals surface area contributed by atoms with Gasteiger partial charge in [0.05, 0.1) is 0 Å². The molecule has 0 aliphatic carbocycles. The average Bonchev–Trinajstić information content (AvgIpc) is 2.87. The van der Waals surface area contributed by atoms with Crippen molar-refractivity contribution in [1.29, 1.82) is 0 Å². The minimum atomic E-state index is -1.04. The zero-order valence-corrected chi connectivity index (χ0v) is 11.4. The van der Waals surface area contributed by atoms with Crippen LogP contribution in [0.2, 0.25) is 0 Å². The summed E-state index contributed by atoms with van der Waals surface area (Å²) in [4.78, 5) is 23.3. The second-order valence-electron chi connectivity index (χ2n) is 4.82. The molecule has 2 aromatic rings. The molecule has 1 unspecified atom stereocenters. The molecular formula is C15H17NO4. The van der Waals surface area contributed by atoms with E-state index in [2.05, 4.69) is 5.32 Å². The number of carboxylic acids is 1. The lowest BCUT2D eigenvalue weighted by Crippen LogP contribution is -2.44. The van der Waals surface area contributed by atoms with Gasteiger partial charge in [-0.05, 0) is 18.1 Å². The zero-order chi connectivity index (χ0) is 14.7. The number of fused-ring (bicyclic) bond motifs is 1. The quantitative estimate of drug-likeness (QED) is 0.879. The van der Waals surface area contributed by atoms with E-state index in [9.17, 15) is 9.59 Å². The van der Waals surface area contributed by atoms with Gasteiger partial charge in [-0.1, -0.05) is 38.5 Å². The summed E-state index contributed by atoms with van der Waals surface area (Å²) < 4.78 is 5.42. The molecule has 20 heavy (non-hydrogen) atoms. The molecule has 0 fully saturated rings. The Bertz CT molecular complexity index is 599. The number of furan rings is 1. The molecule has 0 aliphatic rings. The molecule has 1 heterocycles. The predicted molar refractivity (Wildman–Crippen MR) is 74.6 cm³/mol. The van der Waals surface area contributed by atoms with Crippen molar-refractivity contribution in [2.24, 2.45) is 5.92 Å². The number of hydrogen-bond acceptors (Lipinski definition) is 3. The van der Waals surface area contributed by atoms with Gasteiger partial charge in [-0.25, -0.2) is 4.79 Å². The molecule has 1 amide bonds. The van der Waals surface area contributed by atoms with E-state index in [1.165, 1.54) is 0 Å². The molecule has 1 aromatic heterocycles. The number of nitrogens with one attached hydrogen (secondary N) is 1. The summed E-state index contributed by atoms with van der Waals surface area (Å²) in [5, 5.41) is 12.5. The van der Waals surface area contributed by atoms with E-state index in [-0.39, 0.29) is 11.7 Å². The van der Waals surface area contributed by atoms with Crippen LogP contribution in [0.1, 0.15) is 30.8 Å². The van der Waals surface area contributed by atoms with Crippen molar-refractivity contribution in [1.82, 2.24) is 5.32 Å². The summed E-state index contributed by atoms with van der Waals surface area (Å²) in [6.45, 7) is 3.67. The third-order valence-corrected chi connectivity index (χ3v) is 3.41. The molecule has 1 aromatic carbocycles. The molecule has 106 valence electrons. The fourth-order valence-corrected chi connectivity index (χ4v) is 1.99. The first-order valence-electron chi connectivity index (χ1n) is 6.55. The fraction of sp³-hybridized carbons (Fsp3) is 0.333. The van der Waals surface area contributed by atoms with Crippen molar-refractivity contribution in [2.75, 3.05) is 0 Å². The molecule has 0 spiro atoms. The Labute approximate surface area is 116 Å². The molecule has 0 bridgehead atoms. The zero-order valence-electron chi connectivity index (χ0n) is 11.4. The smallest absolute Gasteiger partial charge is 0.326 e. The SMILES string of the molecule is CCC(C)[C@H](NC(=O)c1cc2ccccc2o1)C(=O)O. The van der Waals surface area contributed by atoms with Gasteiger partial charge in [0.25, 0.3) is 5.91 Å². The molecule has 0 radical (unpaired) electrons. The van der Waals surface area contributed by atoms with Gasteiger partial charge in [-0.2, -0.15) is 0 Å². The standard InChI is InChI=1S/C15H17NO4/c1-3-9(2)13(15(18)19)16-14(17)12-8-10-6-4-5-7-11(10)20-12/h4-9,13H,3H2,1-2H3,(H,16,17)(H,18,19)/t9?,13-/m0/s1. The normalized spacial score (nSPS) is 13.9.